The Bertz CT molecular complexity index is 479. The molecule has 0 aliphatic carbocycles. The molecule has 0 amide bonds. The van der Waals surface area contributed by atoms with Gasteiger partial charge in [-0.25, -0.2) is 4.98 Å². The van der Waals surface area contributed by atoms with Crippen LogP contribution in [0, 0.1) is 0 Å². The molecular weight excluding hydrogens is 214 g/mol. The maximum Gasteiger partial charge on any atom is 0.137 e. The minimum Gasteiger partial charge on any atom is -0.382 e. The number of hydrogen-bond acceptors (Lipinski definition) is 4. The maximum absolute atomic E-state index is 4.12. The lowest BCUT2D eigenvalue weighted by molar-refractivity contribution is 0.594. The molecule has 5 heteroatoms. The number of benzene rings is 1. The van der Waals surface area contributed by atoms with Crippen molar-refractivity contribution >= 4 is 11.4 Å². The predicted molar refractivity (Wildman–Crippen MR) is 67.2 cm³/mol. The summed E-state index contributed by atoms with van der Waals surface area (Å²) in [5.74, 6) is 0. The van der Waals surface area contributed by atoms with Gasteiger partial charge in [0, 0.05) is 19.6 Å². The summed E-state index contributed by atoms with van der Waals surface area (Å²) in [6.45, 7) is 3.86. The van der Waals surface area contributed by atoms with Crippen molar-refractivity contribution in [3.05, 3.63) is 36.9 Å². The fourth-order valence-electron chi connectivity index (χ4n) is 2.15. The van der Waals surface area contributed by atoms with E-state index in [2.05, 4.69) is 44.6 Å². The van der Waals surface area contributed by atoms with Crippen molar-refractivity contribution in [2.75, 3.05) is 29.9 Å². The van der Waals surface area contributed by atoms with Gasteiger partial charge < -0.3 is 10.2 Å². The fourth-order valence-corrected chi connectivity index (χ4v) is 2.15. The smallest absolute Gasteiger partial charge is 0.137 e. The van der Waals surface area contributed by atoms with Crippen LogP contribution in [-0.2, 0) is 6.54 Å². The number of nitrogens with zero attached hydrogens (tertiary/aromatic N) is 4. The molecule has 88 valence electrons. The van der Waals surface area contributed by atoms with Crippen LogP contribution in [0.2, 0.25) is 0 Å². The molecule has 3 rings (SSSR count). The quantitative estimate of drug-likeness (QED) is 0.859. The molecule has 1 N–H and O–H groups in total. The molecule has 1 aromatic carbocycles. The van der Waals surface area contributed by atoms with E-state index in [0.29, 0.717) is 0 Å². The van der Waals surface area contributed by atoms with E-state index in [1.807, 2.05) is 4.68 Å². The molecule has 2 aromatic rings. The second kappa shape index (κ2) is 4.45. The van der Waals surface area contributed by atoms with Gasteiger partial charge in [0.25, 0.3) is 0 Å². The lowest BCUT2D eigenvalue weighted by atomic mass is 10.2. The number of aromatic nitrogens is 3. The van der Waals surface area contributed by atoms with Crippen molar-refractivity contribution in [2.24, 2.45) is 0 Å². The van der Waals surface area contributed by atoms with Gasteiger partial charge >= 0.3 is 0 Å². The first kappa shape index (κ1) is 10.1. The summed E-state index contributed by atoms with van der Waals surface area (Å²) in [6.07, 6.45) is 3.33. The summed E-state index contributed by atoms with van der Waals surface area (Å²) in [5.41, 5.74) is 2.50. The standard InChI is InChI=1S/C12H15N5/c1-2-4-12-11(3-1)14-5-6-16(12)7-8-17-10-13-9-15-17/h1-4,9-10,14H,5-8H2. The molecule has 0 radical (unpaired) electrons. The summed E-state index contributed by atoms with van der Waals surface area (Å²) in [7, 11) is 0. The molecule has 0 fully saturated rings. The van der Waals surface area contributed by atoms with Crippen LogP contribution >= 0.6 is 0 Å². The van der Waals surface area contributed by atoms with Crippen LogP contribution < -0.4 is 10.2 Å². The highest BCUT2D eigenvalue weighted by molar-refractivity contribution is 5.71. The summed E-state index contributed by atoms with van der Waals surface area (Å²) >= 11 is 0. The lowest BCUT2D eigenvalue weighted by Gasteiger charge is -2.31. The second-order valence-electron chi connectivity index (χ2n) is 4.09. The zero-order valence-electron chi connectivity index (χ0n) is 9.58. The van der Waals surface area contributed by atoms with Crippen LogP contribution in [0.5, 0.6) is 0 Å². The number of para-hydroxylation sites is 2. The Balaban J connectivity index is 1.72. The van der Waals surface area contributed by atoms with E-state index in [1.54, 1.807) is 12.7 Å². The highest BCUT2D eigenvalue weighted by Gasteiger charge is 2.15. The number of fused-ring (bicyclic) bond motifs is 1. The van der Waals surface area contributed by atoms with Crippen molar-refractivity contribution in [3.63, 3.8) is 0 Å². The molecule has 0 atom stereocenters. The Morgan fingerprint density at radius 1 is 1.24 bits per heavy atom. The largest absolute Gasteiger partial charge is 0.382 e. The highest BCUT2D eigenvalue weighted by Crippen LogP contribution is 2.27. The Hall–Kier alpha value is -2.04. The molecule has 0 unspecified atom stereocenters. The van der Waals surface area contributed by atoms with E-state index >= 15 is 0 Å². The summed E-state index contributed by atoms with van der Waals surface area (Å²) in [6, 6.07) is 8.42. The Labute approximate surface area is 100 Å². The van der Waals surface area contributed by atoms with Crippen LogP contribution in [0.15, 0.2) is 36.9 Å². The van der Waals surface area contributed by atoms with E-state index in [1.165, 1.54) is 11.4 Å². The van der Waals surface area contributed by atoms with Crippen molar-refractivity contribution in [1.29, 1.82) is 0 Å². The van der Waals surface area contributed by atoms with Crippen LogP contribution in [0.25, 0.3) is 0 Å². The van der Waals surface area contributed by atoms with Gasteiger partial charge in [-0.1, -0.05) is 12.1 Å². The molecule has 1 aliphatic rings. The first-order valence-electron chi connectivity index (χ1n) is 5.84. The van der Waals surface area contributed by atoms with Gasteiger partial charge in [-0.05, 0) is 12.1 Å². The molecule has 5 nitrogen and oxygen atoms in total. The summed E-state index contributed by atoms with van der Waals surface area (Å²) in [4.78, 5) is 6.33. The van der Waals surface area contributed by atoms with Crippen LogP contribution in [0.4, 0.5) is 11.4 Å². The van der Waals surface area contributed by atoms with E-state index in [9.17, 15) is 0 Å². The third-order valence-electron chi connectivity index (χ3n) is 3.01. The zero-order valence-corrected chi connectivity index (χ0v) is 9.58. The van der Waals surface area contributed by atoms with Gasteiger partial charge in [-0.2, -0.15) is 5.10 Å². The molecule has 1 aliphatic heterocycles. The lowest BCUT2D eigenvalue weighted by Crippen LogP contribution is -2.36. The Morgan fingerprint density at radius 3 is 3.06 bits per heavy atom. The highest BCUT2D eigenvalue weighted by atomic mass is 15.3. The topological polar surface area (TPSA) is 46.0 Å². The SMILES string of the molecule is c1ccc2c(c1)NCCN2CCn1cncn1. The van der Waals surface area contributed by atoms with Gasteiger partial charge in [-0.3, -0.25) is 4.68 Å². The van der Waals surface area contributed by atoms with Crippen LogP contribution in [-0.4, -0.2) is 34.4 Å². The maximum atomic E-state index is 4.12. The number of rotatable bonds is 3. The minimum atomic E-state index is 0.869. The van der Waals surface area contributed by atoms with Crippen molar-refractivity contribution in [1.82, 2.24) is 14.8 Å². The minimum absolute atomic E-state index is 0.869. The van der Waals surface area contributed by atoms with E-state index in [0.717, 1.165) is 26.2 Å². The first-order chi connectivity index (χ1) is 8.43. The van der Waals surface area contributed by atoms with E-state index in [4.69, 9.17) is 0 Å². The van der Waals surface area contributed by atoms with Crippen molar-refractivity contribution in [3.8, 4) is 0 Å². The summed E-state index contributed by atoms with van der Waals surface area (Å²) in [5, 5.41) is 7.53. The predicted octanol–water partition coefficient (Wildman–Crippen LogP) is 1.21. The molecular formula is C12H15N5. The molecule has 0 saturated heterocycles. The molecule has 0 saturated carbocycles. The zero-order chi connectivity index (χ0) is 11.5. The van der Waals surface area contributed by atoms with E-state index < -0.39 is 0 Å². The average molecular weight is 229 g/mol. The van der Waals surface area contributed by atoms with Gasteiger partial charge in [0.15, 0.2) is 0 Å². The number of nitrogens with one attached hydrogen (secondary N) is 1. The van der Waals surface area contributed by atoms with Gasteiger partial charge in [0.1, 0.15) is 12.7 Å². The van der Waals surface area contributed by atoms with Gasteiger partial charge in [0.2, 0.25) is 0 Å². The Morgan fingerprint density at radius 2 is 2.18 bits per heavy atom. The van der Waals surface area contributed by atoms with Crippen molar-refractivity contribution < 1.29 is 0 Å². The number of anilines is 2. The molecule has 0 spiro atoms. The molecule has 0 bridgehead atoms. The third-order valence-corrected chi connectivity index (χ3v) is 3.01. The third kappa shape index (κ3) is 2.08. The average Bonchev–Trinajstić information content (AvgIpc) is 2.89. The second-order valence-corrected chi connectivity index (χ2v) is 4.09. The first-order valence-corrected chi connectivity index (χ1v) is 5.84. The van der Waals surface area contributed by atoms with Gasteiger partial charge in [0.05, 0.1) is 17.9 Å². The fraction of sp³-hybridized carbons (Fsp3) is 0.333. The normalized spacial score (nSPS) is 14.2. The van der Waals surface area contributed by atoms with Crippen LogP contribution in [0.3, 0.4) is 0 Å². The molecule has 2 heterocycles. The van der Waals surface area contributed by atoms with Crippen molar-refractivity contribution in [2.45, 2.75) is 6.54 Å². The van der Waals surface area contributed by atoms with E-state index in [-0.39, 0.29) is 0 Å². The number of hydrogen-bond donors (Lipinski definition) is 1. The molecule has 17 heavy (non-hydrogen) atoms. The molecule has 1 aromatic heterocycles. The Kier molecular flexibility index (Phi) is 2.65. The monoisotopic (exact) mass is 229 g/mol. The van der Waals surface area contributed by atoms with Crippen LogP contribution in [0.1, 0.15) is 0 Å². The van der Waals surface area contributed by atoms with Gasteiger partial charge in [-0.15, -0.1) is 0 Å². The summed E-state index contributed by atoms with van der Waals surface area (Å²) < 4.78 is 1.87.